The molecule has 28 heavy (non-hydrogen) atoms. The monoisotopic (exact) mass is 388 g/mol. The summed E-state index contributed by atoms with van der Waals surface area (Å²) in [5, 5.41) is 4.89. The summed E-state index contributed by atoms with van der Waals surface area (Å²) in [5.74, 6) is 0.538. The number of anilines is 1. The molecule has 0 saturated heterocycles. The van der Waals surface area contributed by atoms with Gasteiger partial charge in [0.15, 0.2) is 0 Å². The van der Waals surface area contributed by atoms with Gasteiger partial charge in [0.05, 0.1) is 6.42 Å². The van der Waals surface area contributed by atoms with E-state index in [-0.39, 0.29) is 5.91 Å². The predicted octanol–water partition coefficient (Wildman–Crippen LogP) is 5.87. The van der Waals surface area contributed by atoms with Crippen molar-refractivity contribution in [3.05, 3.63) is 82.2 Å². The zero-order valence-electron chi connectivity index (χ0n) is 15.7. The van der Waals surface area contributed by atoms with Crippen molar-refractivity contribution in [1.29, 1.82) is 0 Å². The van der Waals surface area contributed by atoms with Gasteiger partial charge in [-0.25, -0.2) is 4.98 Å². The molecule has 0 bridgehead atoms. The number of rotatable bonds is 5. The molecule has 4 aromatic rings. The molecule has 2 aromatic heterocycles. The Labute approximate surface area is 167 Å². The minimum Gasteiger partial charge on any atom is -0.444 e. The molecule has 0 radical (unpaired) electrons. The third-order valence-electron chi connectivity index (χ3n) is 4.50. The second kappa shape index (κ2) is 7.82. The van der Waals surface area contributed by atoms with Gasteiger partial charge in [0, 0.05) is 21.7 Å². The number of carbonyl (C=O) groups is 1. The minimum atomic E-state index is -0.0245. The SMILES string of the molecule is Cc1ccc(C)c(-c2coc(-c3ccc(NC(=O)Cc4cccs4)cc3)n2)c1. The molecular formula is C23H20N2O2S. The van der Waals surface area contributed by atoms with E-state index in [1.165, 1.54) is 5.56 Å². The Kier molecular flexibility index (Phi) is 5.08. The summed E-state index contributed by atoms with van der Waals surface area (Å²) >= 11 is 1.58. The van der Waals surface area contributed by atoms with Gasteiger partial charge in [-0.2, -0.15) is 0 Å². The zero-order chi connectivity index (χ0) is 19.5. The van der Waals surface area contributed by atoms with Crippen LogP contribution in [-0.2, 0) is 11.2 Å². The van der Waals surface area contributed by atoms with Gasteiger partial charge < -0.3 is 9.73 Å². The number of benzene rings is 2. The number of aryl methyl sites for hydroxylation is 2. The first kappa shape index (κ1) is 18.2. The van der Waals surface area contributed by atoms with Gasteiger partial charge in [0.1, 0.15) is 12.0 Å². The van der Waals surface area contributed by atoms with Gasteiger partial charge >= 0.3 is 0 Å². The molecule has 2 aromatic carbocycles. The van der Waals surface area contributed by atoms with E-state index in [1.807, 2.05) is 41.8 Å². The van der Waals surface area contributed by atoms with Crippen LogP contribution in [-0.4, -0.2) is 10.9 Å². The van der Waals surface area contributed by atoms with Crippen molar-refractivity contribution in [3.8, 4) is 22.7 Å². The van der Waals surface area contributed by atoms with Crippen molar-refractivity contribution in [1.82, 2.24) is 4.98 Å². The van der Waals surface area contributed by atoms with Gasteiger partial charge in [0.25, 0.3) is 0 Å². The Bertz CT molecular complexity index is 1100. The fourth-order valence-electron chi connectivity index (χ4n) is 3.01. The van der Waals surface area contributed by atoms with Crippen LogP contribution in [0.4, 0.5) is 5.69 Å². The Morgan fingerprint density at radius 1 is 1.11 bits per heavy atom. The molecule has 140 valence electrons. The summed E-state index contributed by atoms with van der Waals surface area (Å²) in [4.78, 5) is 17.8. The predicted molar refractivity (Wildman–Crippen MR) is 114 cm³/mol. The van der Waals surface area contributed by atoms with Crippen molar-refractivity contribution in [2.24, 2.45) is 0 Å². The third-order valence-corrected chi connectivity index (χ3v) is 5.38. The van der Waals surface area contributed by atoms with E-state index >= 15 is 0 Å². The normalized spacial score (nSPS) is 10.8. The number of thiophene rings is 1. The summed E-state index contributed by atoms with van der Waals surface area (Å²) < 4.78 is 5.69. The highest BCUT2D eigenvalue weighted by Crippen LogP contribution is 2.28. The topological polar surface area (TPSA) is 55.1 Å². The maximum Gasteiger partial charge on any atom is 0.229 e. The van der Waals surface area contributed by atoms with Gasteiger partial charge in [-0.3, -0.25) is 4.79 Å². The number of aromatic nitrogens is 1. The minimum absolute atomic E-state index is 0.0245. The molecule has 4 rings (SSSR count). The Morgan fingerprint density at radius 3 is 2.68 bits per heavy atom. The quantitative estimate of drug-likeness (QED) is 0.465. The molecule has 1 N–H and O–H groups in total. The Morgan fingerprint density at radius 2 is 1.93 bits per heavy atom. The maximum absolute atomic E-state index is 12.1. The van der Waals surface area contributed by atoms with Crippen molar-refractivity contribution >= 4 is 22.9 Å². The van der Waals surface area contributed by atoms with Crippen molar-refractivity contribution in [2.45, 2.75) is 20.3 Å². The molecule has 0 aliphatic carbocycles. The largest absolute Gasteiger partial charge is 0.444 e. The summed E-state index contributed by atoms with van der Waals surface area (Å²) in [6, 6.07) is 17.7. The summed E-state index contributed by atoms with van der Waals surface area (Å²) in [6.07, 6.45) is 2.08. The van der Waals surface area contributed by atoms with E-state index in [0.29, 0.717) is 12.3 Å². The maximum atomic E-state index is 12.1. The number of amides is 1. The summed E-state index contributed by atoms with van der Waals surface area (Å²) in [5.41, 5.74) is 5.87. The van der Waals surface area contributed by atoms with Gasteiger partial charge in [-0.15, -0.1) is 11.3 Å². The van der Waals surface area contributed by atoms with Gasteiger partial charge in [-0.05, 0) is 61.2 Å². The molecule has 0 aliphatic rings. The number of hydrogen-bond donors (Lipinski definition) is 1. The average Bonchev–Trinajstić information content (AvgIpc) is 3.36. The molecule has 0 atom stereocenters. The lowest BCUT2D eigenvalue weighted by molar-refractivity contribution is -0.115. The number of hydrogen-bond acceptors (Lipinski definition) is 4. The zero-order valence-corrected chi connectivity index (χ0v) is 16.5. The van der Waals surface area contributed by atoms with Crippen molar-refractivity contribution in [2.75, 3.05) is 5.32 Å². The number of carbonyl (C=O) groups excluding carboxylic acids is 1. The Hall–Kier alpha value is -3.18. The second-order valence-electron chi connectivity index (χ2n) is 6.74. The van der Waals surface area contributed by atoms with Crippen LogP contribution in [0.15, 0.2) is 70.7 Å². The standard InChI is InChI=1S/C23H20N2O2S/c1-15-5-6-16(2)20(12-15)21-14-27-23(25-21)17-7-9-18(10-8-17)24-22(26)13-19-4-3-11-28-19/h3-12,14H,13H2,1-2H3,(H,24,26). The van der Waals surface area contributed by atoms with Gasteiger partial charge in [-0.1, -0.05) is 23.8 Å². The van der Waals surface area contributed by atoms with E-state index in [1.54, 1.807) is 17.6 Å². The van der Waals surface area contributed by atoms with Crippen LogP contribution in [0.25, 0.3) is 22.7 Å². The van der Waals surface area contributed by atoms with Crippen LogP contribution in [0.1, 0.15) is 16.0 Å². The van der Waals surface area contributed by atoms with E-state index in [2.05, 4.69) is 42.3 Å². The number of nitrogens with zero attached hydrogens (tertiary/aromatic N) is 1. The van der Waals surface area contributed by atoms with Crippen LogP contribution < -0.4 is 5.32 Å². The van der Waals surface area contributed by atoms with Crippen LogP contribution in [0.3, 0.4) is 0 Å². The summed E-state index contributed by atoms with van der Waals surface area (Å²) in [7, 11) is 0. The van der Waals surface area contributed by atoms with E-state index in [9.17, 15) is 4.79 Å². The fraction of sp³-hybridized carbons (Fsp3) is 0.130. The molecule has 0 unspecified atom stereocenters. The highest BCUT2D eigenvalue weighted by atomic mass is 32.1. The second-order valence-corrected chi connectivity index (χ2v) is 7.77. The molecule has 1 amide bonds. The third kappa shape index (κ3) is 4.05. The Balaban J connectivity index is 1.48. The lowest BCUT2D eigenvalue weighted by atomic mass is 10.0. The highest BCUT2D eigenvalue weighted by Gasteiger charge is 2.11. The number of nitrogens with one attached hydrogen (secondary N) is 1. The molecular weight excluding hydrogens is 368 g/mol. The smallest absolute Gasteiger partial charge is 0.229 e. The van der Waals surface area contributed by atoms with E-state index < -0.39 is 0 Å². The van der Waals surface area contributed by atoms with E-state index in [4.69, 9.17) is 4.42 Å². The molecule has 0 fully saturated rings. The fourth-order valence-corrected chi connectivity index (χ4v) is 3.72. The lowest BCUT2D eigenvalue weighted by Crippen LogP contribution is -2.13. The van der Waals surface area contributed by atoms with Crippen LogP contribution in [0, 0.1) is 13.8 Å². The lowest BCUT2D eigenvalue weighted by Gasteiger charge is -2.05. The molecule has 0 saturated carbocycles. The highest BCUT2D eigenvalue weighted by molar-refractivity contribution is 7.10. The van der Waals surface area contributed by atoms with Gasteiger partial charge in [0.2, 0.25) is 11.8 Å². The molecule has 0 spiro atoms. The summed E-state index contributed by atoms with van der Waals surface area (Å²) in [6.45, 7) is 4.13. The molecule has 5 heteroatoms. The first-order chi connectivity index (χ1) is 13.6. The van der Waals surface area contributed by atoms with Crippen molar-refractivity contribution < 1.29 is 9.21 Å². The average molecular weight is 388 g/mol. The van der Waals surface area contributed by atoms with Crippen LogP contribution >= 0.6 is 11.3 Å². The molecule has 0 aliphatic heterocycles. The van der Waals surface area contributed by atoms with E-state index in [0.717, 1.165) is 32.9 Å². The molecule has 2 heterocycles. The van der Waals surface area contributed by atoms with Crippen LogP contribution in [0.2, 0.25) is 0 Å². The first-order valence-corrected chi connectivity index (χ1v) is 9.92. The first-order valence-electron chi connectivity index (χ1n) is 9.04. The number of oxazole rings is 1. The molecule has 4 nitrogen and oxygen atoms in total. The van der Waals surface area contributed by atoms with Crippen molar-refractivity contribution in [3.63, 3.8) is 0 Å². The van der Waals surface area contributed by atoms with Crippen LogP contribution in [0.5, 0.6) is 0 Å².